The first-order valence-corrected chi connectivity index (χ1v) is 4.25. The minimum atomic E-state index is 0.0939. The first kappa shape index (κ1) is 8.84. The summed E-state index contributed by atoms with van der Waals surface area (Å²) in [5.41, 5.74) is 0.844. The minimum absolute atomic E-state index is 0.0939. The van der Waals surface area contributed by atoms with Gasteiger partial charge < -0.3 is 10.3 Å². The monoisotopic (exact) mass is 166 g/mol. The van der Waals surface area contributed by atoms with Crippen LogP contribution in [0.25, 0.3) is 0 Å². The van der Waals surface area contributed by atoms with Gasteiger partial charge in [0.1, 0.15) is 0 Å². The molecule has 12 heavy (non-hydrogen) atoms. The summed E-state index contributed by atoms with van der Waals surface area (Å²) in [6, 6.07) is 1.84. The number of rotatable bonds is 4. The van der Waals surface area contributed by atoms with E-state index in [1.165, 1.54) is 0 Å². The van der Waals surface area contributed by atoms with E-state index in [0.29, 0.717) is 6.42 Å². The fraction of sp³-hybridized carbons (Fsp3) is 0.444. The molecule has 0 aliphatic rings. The Morgan fingerprint density at radius 2 is 2.50 bits per heavy atom. The first-order valence-electron chi connectivity index (χ1n) is 4.25. The minimum Gasteiger partial charge on any atom is -0.366 e. The van der Waals surface area contributed by atoms with Gasteiger partial charge in [-0.1, -0.05) is 13.3 Å². The van der Waals surface area contributed by atoms with Crippen molar-refractivity contribution in [3.63, 3.8) is 0 Å². The quantitative estimate of drug-likeness (QED) is 0.707. The Kier molecular flexibility index (Phi) is 3.38. The largest absolute Gasteiger partial charge is 0.366 e. The van der Waals surface area contributed by atoms with Gasteiger partial charge >= 0.3 is 0 Å². The van der Waals surface area contributed by atoms with Gasteiger partial charge in [0.25, 0.3) is 0 Å². The topological polar surface area (TPSA) is 44.9 Å². The van der Waals surface area contributed by atoms with Crippen molar-refractivity contribution in [1.82, 2.24) is 4.98 Å². The standard InChI is InChI=1S/C9H14N2O/c1-2-3-4-9(12)11-8-5-6-10-7-8/h5-7,10H,2-4H2,1H3,(H,11,12). The van der Waals surface area contributed by atoms with Crippen molar-refractivity contribution in [2.24, 2.45) is 0 Å². The van der Waals surface area contributed by atoms with Crippen LogP contribution in [0.4, 0.5) is 5.69 Å². The van der Waals surface area contributed by atoms with Gasteiger partial charge in [-0.3, -0.25) is 4.79 Å². The van der Waals surface area contributed by atoms with Crippen LogP contribution in [0.3, 0.4) is 0 Å². The number of nitrogens with one attached hydrogen (secondary N) is 2. The number of anilines is 1. The highest BCUT2D eigenvalue weighted by Gasteiger charge is 2.00. The van der Waals surface area contributed by atoms with E-state index in [0.717, 1.165) is 18.5 Å². The molecule has 0 aromatic carbocycles. The molecule has 0 bridgehead atoms. The summed E-state index contributed by atoms with van der Waals surface area (Å²) in [7, 11) is 0. The van der Waals surface area contributed by atoms with Crippen molar-refractivity contribution in [3.05, 3.63) is 18.5 Å². The average Bonchev–Trinajstić information content (AvgIpc) is 2.53. The predicted octanol–water partition coefficient (Wildman–Crippen LogP) is 2.14. The summed E-state index contributed by atoms with van der Waals surface area (Å²) < 4.78 is 0. The van der Waals surface area contributed by atoms with E-state index in [2.05, 4.69) is 17.2 Å². The van der Waals surface area contributed by atoms with Gasteiger partial charge in [-0.25, -0.2) is 0 Å². The maximum Gasteiger partial charge on any atom is 0.224 e. The van der Waals surface area contributed by atoms with Crippen LogP contribution in [0.5, 0.6) is 0 Å². The molecule has 0 aliphatic heterocycles. The van der Waals surface area contributed by atoms with Crippen molar-refractivity contribution in [2.75, 3.05) is 5.32 Å². The van der Waals surface area contributed by atoms with Gasteiger partial charge in [0, 0.05) is 18.8 Å². The number of amides is 1. The summed E-state index contributed by atoms with van der Waals surface area (Å²) in [6.07, 6.45) is 6.18. The SMILES string of the molecule is CCCCC(=O)Nc1cc[nH]c1. The normalized spacial score (nSPS) is 9.75. The lowest BCUT2D eigenvalue weighted by molar-refractivity contribution is -0.116. The van der Waals surface area contributed by atoms with Crippen molar-refractivity contribution in [1.29, 1.82) is 0 Å². The predicted molar refractivity (Wildman–Crippen MR) is 48.9 cm³/mol. The number of H-pyrrole nitrogens is 1. The van der Waals surface area contributed by atoms with Crippen LogP contribution in [0, 0.1) is 0 Å². The van der Waals surface area contributed by atoms with Crippen LogP contribution in [0.2, 0.25) is 0 Å². The average molecular weight is 166 g/mol. The first-order chi connectivity index (χ1) is 5.83. The molecule has 0 saturated heterocycles. The zero-order chi connectivity index (χ0) is 8.81. The van der Waals surface area contributed by atoms with Crippen molar-refractivity contribution < 1.29 is 4.79 Å². The summed E-state index contributed by atoms with van der Waals surface area (Å²) in [6.45, 7) is 2.07. The molecule has 3 nitrogen and oxygen atoms in total. The van der Waals surface area contributed by atoms with Crippen molar-refractivity contribution in [2.45, 2.75) is 26.2 Å². The molecule has 2 N–H and O–H groups in total. The molecule has 0 radical (unpaired) electrons. The molecule has 1 aromatic rings. The Labute approximate surface area is 72.2 Å². The number of aromatic amines is 1. The van der Waals surface area contributed by atoms with E-state index in [1.807, 2.05) is 6.07 Å². The fourth-order valence-electron chi connectivity index (χ4n) is 0.962. The smallest absolute Gasteiger partial charge is 0.224 e. The van der Waals surface area contributed by atoms with Gasteiger partial charge in [-0.2, -0.15) is 0 Å². The van der Waals surface area contributed by atoms with E-state index in [1.54, 1.807) is 12.4 Å². The van der Waals surface area contributed by atoms with Crippen LogP contribution >= 0.6 is 0 Å². The second-order valence-electron chi connectivity index (χ2n) is 2.75. The maximum atomic E-state index is 11.1. The van der Waals surface area contributed by atoms with Crippen molar-refractivity contribution >= 4 is 11.6 Å². The molecule has 0 saturated carbocycles. The molecular weight excluding hydrogens is 152 g/mol. The van der Waals surface area contributed by atoms with E-state index in [9.17, 15) is 4.79 Å². The highest BCUT2D eigenvalue weighted by molar-refractivity contribution is 5.90. The molecule has 1 aromatic heterocycles. The zero-order valence-corrected chi connectivity index (χ0v) is 7.26. The van der Waals surface area contributed by atoms with Crippen LogP contribution in [0.15, 0.2) is 18.5 Å². The summed E-state index contributed by atoms with van der Waals surface area (Å²) in [4.78, 5) is 14.0. The Balaban J connectivity index is 2.27. The highest BCUT2D eigenvalue weighted by atomic mass is 16.1. The van der Waals surface area contributed by atoms with E-state index >= 15 is 0 Å². The van der Waals surface area contributed by atoms with E-state index < -0.39 is 0 Å². The Morgan fingerprint density at radius 1 is 1.67 bits per heavy atom. The maximum absolute atomic E-state index is 11.1. The molecule has 0 fully saturated rings. The number of aromatic nitrogens is 1. The zero-order valence-electron chi connectivity index (χ0n) is 7.26. The van der Waals surface area contributed by atoms with Crippen LogP contribution in [-0.4, -0.2) is 10.9 Å². The summed E-state index contributed by atoms with van der Waals surface area (Å²) >= 11 is 0. The number of hydrogen-bond donors (Lipinski definition) is 2. The molecule has 1 heterocycles. The Morgan fingerprint density at radius 3 is 3.08 bits per heavy atom. The van der Waals surface area contributed by atoms with Gasteiger partial charge in [0.05, 0.1) is 5.69 Å². The molecule has 1 amide bonds. The number of carbonyl (C=O) groups excluding carboxylic acids is 1. The molecule has 3 heteroatoms. The fourth-order valence-corrected chi connectivity index (χ4v) is 0.962. The van der Waals surface area contributed by atoms with Crippen LogP contribution in [0.1, 0.15) is 26.2 Å². The highest BCUT2D eigenvalue weighted by Crippen LogP contribution is 2.05. The van der Waals surface area contributed by atoms with Crippen molar-refractivity contribution in [3.8, 4) is 0 Å². The summed E-state index contributed by atoms with van der Waals surface area (Å²) in [5, 5.41) is 2.79. The van der Waals surface area contributed by atoms with Crippen LogP contribution < -0.4 is 5.32 Å². The van der Waals surface area contributed by atoms with Gasteiger partial charge in [0.15, 0.2) is 0 Å². The molecule has 0 atom stereocenters. The van der Waals surface area contributed by atoms with E-state index in [-0.39, 0.29) is 5.91 Å². The molecular formula is C9H14N2O. The molecule has 0 spiro atoms. The lowest BCUT2D eigenvalue weighted by Crippen LogP contribution is -2.09. The Hall–Kier alpha value is -1.25. The van der Waals surface area contributed by atoms with E-state index in [4.69, 9.17) is 0 Å². The third-order valence-corrected chi connectivity index (χ3v) is 1.64. The summed E-state index contributed by atoms with van der Waals surface area (Å²) in [5.74, 6) is 0.0939. The molecule has 66 valence electrons. The number of hydrogen-bond acceptors (Lipinski definition) is 1. The van der Waals surface area contributed by atoms with Crippen LogP contribution in [-0.2, 0) is 4.79 Å². The lowest BCUT2D eigenvalue weighted by Gasteiger charge is -2.00. The Bertz CT molecular complexity index is 229. The molecule has 0 aliphatic carbocycles. The third kappa shape index (κ3) is 2.78. The van der Waals surface area contributed by atoms with Gasteiger partial charge in [-0.15, -0.1) is 0 Å². The second-order valence-corrected chi connectivity index (χ2v) is 2.75. The molecule has 0 unspecified atom stereocenters. The number of carbonyl (C=O) groups is 1. The van der Waals surface area contributed by atoms with Gasteiger partial charge in [-0.05, 0) is 12.5 Å². The lowest BCUT2D eigenvalue weighted by atomic mass is 10.2. The number of unbranched alkanes of at least 4 members (excludes halogenated alkanes) is 1. The van der Waals surface area contributed by atoms with Gasteiger partial charge in [0.2, 0.25) is 5.91 Å². The molecule has 1 rings (SSSR count). The third-order valence-electron chi connectivity index (χ3n) is 1.64. The second kappa shape index (κ2) is 4.59.